The summed E-state index contributed by atoms with van der Waals surface area (Å²) in [5, 5.41) is 4.02. The molecule has 0 aliphatic rings. The topological polar surface area (TPSA) is 0 Å². The molecular formula is C12H10ClS. The van der Waals surface area contributed by atoms with Crippen LogP contribution < -0.4 is 0 Å². The van der Waals surface area contributed by atoms with Crippen LogP contribution >= 0.6 is 22.9 Å². The van der Waals surface area contributed by atoms with Crippen LogP contribution in [0.3, 0.4) is 0 Å². The molecule has 2 aromatic rings. The van der Waals surface area contributed by atoms with E-state index in [0.29, 0.717) is 0 Å². The standard InChI is InChI=1S/C12H10ClS/c1-9-5-12(14-8-9)7-10-3-2-4-11(13)6-10/h2-6H,7H2,1H3. The van der Waals surface area contributed by atoms with Crippen molar-refractivity contribution in [3.8, 4) is 0 Å². The van der Waals surface area contributed by atoms with Gasteiger partial charge in [0.1, 0.15) is 0 Å². The third-order valence-corrected chi connectivity index (χ3v) is 3.17. The maximum atomic E-state index is 5.91. The Kier molecular flexibility index (Phi) is 2.90. The average molecular weight is 222 g/mol. The highest BCUT2D eigenvalue weighted by atomic mass is 35.5. The van der Waals surface area contributed by atoms with Crippen molar-refractivity contribution < 1.29 is 0 Å². The van der Waals surface area contributed by atoms with Crippen molar-refractivity contribution >= 4 is 22.9 Å². The number of hydrogen-bond acceptors (Lipinski definition) is 1. The van der Waals surface area contributed by atoms with Crippen LogP contribution in [0.4, 0.5) is 0 Å². The van der Waals surface area contributed by atoms with Crippen molar-refractivity contribution in [1.29, 1.82) is 0 Å². The summed E-state index contributed by atoms with van der Waals surface area (Å²) >= 11 is 7.59. The van der Waals surface area contributed by atoms with Gasteiger partial charge in [-0.3, -0.25) is 0 Å². The predicted octanol–water partition coefficient (Wildman–Crippen LogP) is 4.10. The fourth-order valence-electron chi connectivity index (χ4n) is 1.38. The summed E-state index contributed by atoms with van der Waals surface area (Å²) in [6.45, 7) is 2.07. The molecule has 0 bridgehead atoms. The zero-order valence-electron chi connectivity index (χ0n) is 7.88. The molecule has 2 heteroatoms. The summed E-state index contributed by atoms with van der Waals surface area (Å²) in [5.74, 6) is 0. The van der Waals surface area contributed by atoms with Crippen molar-refractivity contribution in [3.05, 3.63) is 56.7 Å². The van der Waals surface area contributed by atoms with E-state index in [1.165, 1.54) is 16.0 Å². The molecule has 0 saturated carbocycles. The van der Waals surface area contributed by atoms with Crippen LogP contribution in [0.25, 0.3) is 0 Å². The Morgan fingerprint density at radius 3 is 2.86 bits per heavy atom. The molecule has 1 aromatic carbocycles. The van der Waals surface area contributed by atoms with Crippen LogP contribution in [0.2, 0.25) is 5.02 Å². The lowest BCUT2D eigenvalue weighted by Gasteiger charge is -1.98. The van der Waals surface area contributed by atoms with Gasteiger partial charge in [-0.25, -0.2) is 0 Å². The number of halogens is 1. The van der Waals surface area contributed by atoms with Gasteiger partial charge < -0.3 is 0 Å². The molecular weight excluding hydrogens is 212 g/mol. The highest BCUT2D eigenvalue weighted by Gasteiger charge is 1.99. The van der Waals surface area contributed by atoms with Crippen molar-refractivity contribution in [2.45, 2.75) is 13.3 Å². The second kappa shape index (κ2) is 4.16. The minimum atomic E-state index is 0.805. The zero-order valence-corrected chi connectivity index (χ0v) is 9.45. The Balaban J connectivity index is 2.18. The molecule has 0 spiro atoms. The molecule has 14 heavy (non-hydrogen) atoms. The van der Waals surface area contributed by atoms with E-state index >= 15 is 0 Å². The van der Waals surface area contributed by atoms with Gasteiger partial charge in [-0.1, -0.05) is 23.7 Å². The smallest absolute Gasteiger partial charge is 0.0477 e. The Labute approximate surface area is 93.2 Å². The van der Waals surface area contributed by atoms with E-state index in [1.54, 1.807) is 11.3 Å². The molecule has 2 rings (SSSR count). The van der Waals surface area contributed by atoms with Crippen molar-refractivity contribution in [3.63, 3.8) is 0 Å². The second-order valence-electron chi connectivity index (χ2n) is 3.30. The molecule has 71 valence electrons. The SMILES string of the molecule is Cc1[c]sc(Cc2cccc(Cl)c2)c1. The predicted molar refractivity (Wildman–Crippen MR) is 62.2 cm³/mol. The number of rotatable bonds is 2. The molecule has 1 radical (unpaired) electrons. The van der Waals surface area contributed by atoms with Crippen LogP contribution in [0, 0.1) is 12.3 Å². The minimum Gasteiger partial charge on any atom is -0.139 e. The quantitative estimate of drug-likeness (QED) is 0.716. The van der Waals surface area contributed by atoms with Crippen molar-refractivity contribution in [2.24, 2.45) is 0 Å². The molecule has 0 aliphatic heterocycles. The summed E-state index contributed by atoms with van der Waals surface area (Å²) in [4.78, 5) is 1.34. The fraction of sp³-hybridized carbons (Fsp3) is 0.167. The number of thiophene rings is 1. The monoisotopic (exact) mass is 221 g/mol. The largest absolute Gasteiger partial charge is 0.139 e. The molecule has 0 aliphatic carbocycles. The average Bonchev–Trinajstić information content (AvgIpc) is 2.51. The van der Waals surface area contributed by atoms with Gasteiger partial charge in [0.25, 0.3) is 0 Å². The number of aryl methyl sites for hydroxylation is 1. The first-order valence-electron chi connectivity index (χ1n) is 4.45. The van der Waals surface area contributed by atoms with E-state index in [2.05, 4.69) is 24.4 Å². The Morgan fingerprint density at radius 1 is 1.36 bits per heavy atom. The van der Waals surface area contributed by atoms with Gasteiger partial charge in [0.15, 0.2) is 0 Å². The minimum absolute atomic E-state index is 0.805. The van der Waals surface area contributed by atoms with Gasteiger partial charge in [-0.05, 0) is 36.2 Å². The van der Waals surface area contributed by atoms with Gasteiger partial charge in [-0.2, -0.15) is 0 Å². The molecule has 0 unspecified atom stereocenters. The Bertz CT molecular complexity index is 431. The van der Waals surface area contributed by atoms with Gasteiger partial charge in [0.05, 0.1) is 0 Å². The normalized spacial score (nSPS) is 10.4. The van der Waals surface area contributed by atoms with Crippen LogP contribution in [0.5, 0.6) is 0 Å². The van der Waals surface area contributed by atoms with Gasteiger partial charge in [-0.15, -0.1) is 11.3 Å². The van der Waals surface area contributed by atoms with Crippen LogP contribution in [-0.4, -0.2) is 0 Å². The van der Waals surface area contributed by atoms with E-state index in [-0.39, 0.29) is 0 Å². The second-order valence-corrected chi connectivity index (χ2v) is 4.67. The number of benzene rings is 1. The summed E-state index contributed by atoms with van der Waals surface area (Å²) in [6, 6.07) is 10.2. The van der Waals surface area contributed by atoms with Crippen molar-refractivity contribution in [1.82, 2.24) is 0 Å². The lowest BCUT2D eigenvalue weighted by Crippen LogP contribution is -1.83. The Hall–Kier alpha value is -0.790. The molecule has 0 fully saturated rings. The lowest BCUT2D eigenvalue weighted by molar-refractivity contribution is 1.24. The van der Waals surface area contributed by atoms with Crippen molar-refractivity contribution in [2.75, 3.05) is 0 Å². The first-order valence-corrected chi connectivity index (χ1v) is 5.65. The molecule has 1 heterocycles. The first-order chi connectivity index (χ1) is 6.74. The van der Waals surface area contributed by atoms with E-state index in [4.69, 9.17) is 11.6 Å². The van der Waals surface area contributed by atoms with Gasteiger partial charge in [0, 0.05) is 21.7 Å². The molecule has 0 saturated heterocycles. The summed E-state index contributed by atoms with van der Waals surface area (Å²) < 4.78 is 0. The third kappa shape index (κ3) is 2.37. The third-order valence-electron chi connectivity index (χ3n) is 1.99. The van der Waals surface area contributed by atoms with E-state index in [0.717, 1.165) is 11.4 Å². The maximum Gasteiger partial charge on any atom is 0.0477 e. The highest BCUT2D eigenvalue weighted by Crippen LogP contribution is 2.19. The summed E-state index contributed by atoms with van der Waals surface area (Å²) in [7, 11) is 0. The van der Waals surface area contributed by atoms with Crippen LogP contribution in [0.15, 0.2) is 30.3 Å². The summed E-state index contributed by atoms with van der Waals surface area (Å²) in [6.07, 6.45) is 0.954. The van der Waals surface area contributed by atoms with Crippen LogP contribution in [-0.2, 0) is 6.42 Å². The molecule has 0 amide bonds. The van der Waals surface area contributed by atoms with Gasteiger partial charge >= 0.3 is 0 Å². The zero-order chi connectivity index (χ0) is 9.97. The highest BCUT2D eigenvalue weighted by molar-refractivity contribution is 7.09. The van der Waals surface area contributed by atoms with E-state index in [9.17, 15) is 0 Å². The maximum absolute atomic E-state index is 5.91. The fourth-order valence-corrected chi connectivity index (χ4v) is 2.42. The Morgan fingerprint density at radius 2 is 2.21 bits per heavy atom. The van der Waals surface area contributed by atoms with E-state index in [1.807, 2.05) is 18.2 Å². The molecule has 0 nitrogen and oxygen atoms in total. The van der Waals surface area contributed by atoms with Gasteiger partial charge in [0.2, 0.25) is 0 Å². The van der Waals surface area contributed by atoms with E-state index < -0.39 is 0 Å². The number of hydrogen-bond donors (Lipinski definition) is 0. The molecule has 0 N–H and O–H groups in total. The first kappa shape index (κ1) is 9.75. The summed E-state index contributed by atoms with van der Waals surface area (Å²) in [5.41, 5.74) is 2.47. The molecule has 1 aromatic heterocycles. The van der Waals surface area contributed by atoms with Crippen LogP contribution in [0.1, 0.15) is 16.0 Å². The lowest BCUT2D eigenvalue weighted by atomic mass is 10.1. The molecule has 0 atom stereocenters.